The van der Waals surface area contributed by atoms with Gasteiger partial charge in [-0.05, 0) is 64.6 Å². The number of nitrogens with zero attached hydrogens (tertiary/aromatic N) is 1. The maximum atomic E-state index is 9.82. The van der Waals surface area contributed by atoms with Crippen molar-refractivity contribution in [1.29, 1.82) is 0 Å². The van der Waals surface area contributed by atoms with Gasteiger partial charge >= 0.3 is 0 Å². The first-order valence-electron chi connectivity index (χ1n) is 7.78. The highest BCUT2D eigenvalue weighted by Crippen LogP contribution is 2.38. The zero-order valence-corrected chi connectivity index (χ0v) is 12.1. The highest BCUT2D eigenvalue weighted by molar-refractivity contribution is 4.99. The number of nitrogens with one attached hydrogen (secondary N) is 1. The van der Waals surface area contributed by atoms with Crippen LogP contribution < -0.4 is 5.32 Å². The molecule has 0 spiro atoms. The Bertz CT molecular complexity index is 255. The second-order valence-electron chi connectivity index (χ2n) is 6.33. The third-order valence-corrected chi connectivity index (χ3v) is 4.97. The average molecular weight is 254 g/mol. The molecular weight excluding hydrogens is 224 g/mol. The van der Waals surface area contributed by atoms with Crippen LogP contribution in [0, 0.1) is 5.92 Å². The van der Waals surface area contributed by atoms with E-state index < -0.39 is 0 Å². The van der Waals surface area contributed by atoms with Crippen molar-refractivity contribution >= 4 is 0 Å². The molecule has 18 heavy (non-hydrogen) atoms. The summed E-state index contributed by atoms with van der Waals surface area (Å²) >= 11 is 0. The lowest BCUT2D eigenvalue weighted by Gasteiger charge is -2.36. The first-order valence-corrected chi connectivity index (χ1v) is 7.78. The van der Waals surface area contributed by atoms with E-state index in [-0.39, 0.29) is 5.54 Å². The molecule has 3 nitrogen and oxygen atoms in total. The number of hydrogen-bond donors (Lipinski definition) is 2. The molecule has 0 bridgehead atoms. The van der Waals surface area contributed by atoms with Gasteiger partial charge in [0.2, 0.25) is 0 Å². The molecule has 0 aliphatic heterocycles. The van der Waals surface area contributed by atoms with Gasteiger partial charge in [0.1, 0.15) is 0 Å². The Morgan fingerprint density at radius 3 is 2.72 bits per heavy atom. The molecule has 106 valence electrons. The fraction of sp³-hybridized carbons (Fsp3) is 1.00. The Balaban J connectivity index is 1.83. The molecule has 2 saturated carbocycles. The molecule has 0 aromatic rings. The minimum absolute atomic E-state index is 0.0282. The smallest absolute Gasteiger partial charge is 0.0616 e. The van der Waals surface area contributed by atoms with Crippen molar-refractivity contribution in [2.24, 2.45) is 5.92 Å². The Labute approximate surface area is 112 Å². The van der Waals surface area contributed by atoms with Crippen molar-refractivity contribution in [3.05, 3.63) is 0 Å². The second-order valence-corrected chi connectivity index (χ2v) is 6.33. The highest BCUT2D eigenvalue weighted by atomic mass is 16.3. The van der Waals surface area contributed by atoms with Gasteiger partial charge in [-0.1, -0.05) is 13.3 Å². The molecule has 2 fully saturated rings. The molecule has 0 aromatic carbocycles. The summed E-state index contributed by atoms with van der Waals surface area (Å²) in [5.41, 5.74) is 0.0282. The molecule has 2 aliphatic rings. The van der Waals surface area contributed by atoms with Crippen LogP contribution in [0.1, 0.15) is 51.9 Å². The minimum atomic E-state index is 0.0282. The summed E-state index contributed by atoms with van der Waals surface area (Å²) in [6.45, 7) is 4.74. The van der Waals surface area contributed by atoms with Crippen molar-refractivity contribution in [3.63, 3.8) is 0 Å². The van der Waals surface area contributed by atoms with Gasteiger partial charge in [-0.25, -0.2) is 0 Å². The average Bonchev–Trinajstić information content (AvgIpc) is 3.16. The summed E-state index contributed by atoms with van der Waals surface area (Å²) in [6.07, 6.45) is 8.88. The summed E-state index contributed by atoms with van der Waals surface area (Å²) in [5.74, 6) is 0.662. The van der Waals surface area contributed by atoms with E-state index in [1.54, 1.807) is 0 Å². The molecule has 3 heteroatoms. The van der Waals surface area contributed by atoms with Gasteiger partial charge in [0, 0.05) is 11.6 Å². The van der Waals surface area contributed by atoms with Gasteiger partial charge in [-0.2, -0.15) is 0 Å². The normalized spacial score (nSPS) is 32.3. The molecule has 2 unspecified atom stereocenters. The predicted octanol–water partition coefficient (Wildman–Crippen LogP) is 2.00. The standard InChI is InChI=1S/C15H30N2O/c1-3-10-16-15(12-18)9-4-5-13(15)8-11-17(2)14-6-7-14/h13-14,16,18H,3-12H2,1-2H3. The second kappa shape index (κ2) is 6.36. The maximum absolute atomic E-state index is 9.82. The minimum Gasteiger partial charge on any atom is -0.394 e. The van der Waals surface area contributed by atoms with Crippen LogP contribution in [-0.4, -0.2) is 48.3 Å². The first-order chi connectivity index (χ1) is 8.72. The molecule has 2 N–H and O–H groups in total. The van der Waals surface area contributed by atoms with E-state index in [0.717, 1.165) is 25.4 Å². The van der Waals surface area contributed by atoms with Crippen LogP contribution in [0.5, 0.6) is 0 Å². The van der Waals surface area contributed by atoms with Crippen LogP contribution in [0.2, 0.25) is 0 Å². The van der Waals surface area contributed by atoms with Gasteiger partial charge in [-0.3, -0.25) is 0 Å². The van der Waals surface area contributed by atoms with Crippen molar-refractivity contribution in [3.8, 4) is 0 Å². The molecule has 0 saturated heterocycles. The molecule has 0 heterocycles. The zero-order valence-electron chi connectivity index (χ0n) is 12.1. The van der Waals surface area contributed by atoms with Gasteiger partial charge < -0.3 is 15.3 Å². The Hall–Kier alpha value is -0.120. The molecule has 0 radical (unpaired) electrons. The number of rotatable bonds is 8. The highest BCUT2D eigenvalue weighted by Gasteiger charge is 2.41. The van der Waals surface area contributed by atoms with Gasteiger partial charge in [0.25, 0.3) is 0 Å². The quantitative estimate of drug-likeness (QED) is 0.695. The number of aliphatic hydroxyl groups is 1. The van der Waals surface area contributed by atoms with Crippen LogP contribution in [0.15, 0.2) is 0 Å². The number of hydrogen-bond acceptors (Lipinski definition) is 3. The SMILES string of the molecule is CCCNC1(CO)CCCC1CCN(C)C1CC1. The van der Waals surface area contributed by atoms with E-state index in [1.807, 2.05) is 0 Å². The summed E-state index contributed by atoms with van der Waals surface area (Å²) in [5, 5.41) is 13.5. The van der Waals surface area contributed by atoms with E-state index in [0.29, 0.717) is 12.5 Å². The predicted molar refractivity (Wildman–Crippen MR) is 75.7 cm³/mol. The lowest BCUT2D eigenvalue weighted by Crippen LogP contribution is -2.52. The summed E-state index contributed by atoms with van der Waals surface area (Å²) in [4.78, 5) is 2.51. The van der Waals surface area contributed by atoms with Crippen molar-refractivity contribution in [2.45, 2.75) is 63.5 Å². The van der Waals surface area contributed by atoms with E-state index in [2.05, 4.69) is 24.2 Å². The summed E-state index contributed by atoms with van der Waals surface area (Å²) in [7, 11) is 2.26. The van der Waals surface area contributed by atoms with Gasteiger partial charge in [0.15, 0.2) is 0 Å². The lowest BCUT2D eigenvalue weighted by molar-refractivity contribution is 0.113. The van der Waals surface area contributed by atoms with Gasteiger partial charge in [-0.15, -0.1) is 0 Å². The van der Waals surface area contributed by atoms with Gasteiger partial charge in [0.05, 0.1) is 6.61 Å². The van der Waals surface area contributed by atoms with Crippen molar-refractivity contribution in [2.75, 3.05) is 26.7 Å². The van der Waals surface area contributed by atoms with Crippen molar-refractivity contribution < 1.29 is 5.11 Å². The summed E-state index contributed by atoms with van der Waals surface area (Å²) < 4.78 is 0. The lowest BCUT2D eigenvalue weighted by atomic mass is 9.85. The monoisotopic (exact) mass is 254 g/mol. The molecular formula is C15H30N2O. The van der Waals surface area contributed by atoms with Crippen LogP contribution >= 0.6 is 0 Å². The fourth-order valence-electron chi connectivity index (χ4n) is 3.49. The van der Waals surface area contributed by atoms with E-state index >= 15 is 0 Å². The van der Waals surface area contributed by atoms with E-state index in [9.17, 15) is 5.11 Å². The molecule has 2 aliphatic carbocycles. The molecule has 2 atom stereocenters. The fourth-order valence-corrected chi connectivity index (χ4v) is 3.49. The van der Waals surface area contributed by atoms with Crippen LogP contribution in [0.3, 0.4) is 0 Å². The van der Waals surface area contributed by atoms with E-state index in [1.165, 1.54) is 38.6 Å². The van der Waals surface area contributed by atoms with Crippen LogP contribution in [0.25, 0.3) is 0 Å². The first kappa shape index (κ1) is 14.3. The largest absolute Gasteiger partial charge is 0.394 e. The molecule has 0 aromatic heterocycles. The topological polar surface area (TPSA) is 35.5 Å². The zero-order chi connectivity index (χ0) is 13.0. The third-order valence-electron chi connectivity index (χ3n) is 4.97. The number of aliphatic hydroxyl groups excluding tert-OH is 1. The van der Waals surface area contributed by atoms with Crippen LogP contribution in [0.4, 0.5) is 0 Å². The Morgan fingerprint density at radius 1 is 1.33 bits per heavy atom. The molecule has 2 rings (SSSR count). The Morgan fingerprint density at radius 2 is 2.11 bits per heavy atom. The third kappa shape index (κ3) is 3.25. The molecule has 0 amide bonds. The van der Waals surface area contributed by atoms with Crippen LogP contribution in [-0.2, 0) is 0 Å². The van der Waals surface area contributed by atoms with E-state index in [4.69, 9.17) is 0 Å². The maximum Gasteiger partial charge on any atom is 0.0616 e. The van der Waals surface area contributed by atoms with Crippen molar-refractivity contribution in [1.82, 2.24) is 10.2 Å². The summed E-state index contributed by atoms with van der Waals surface area (Å²) in [6, 6.07) is 0.860. The Kier molecular flexibility index (Phi) is 5.05.